The molecule has 92 valence electrons. The number of nitrogens with one attached hydrogen (secondary N) is 1. The first kappa shape index (κ1) is 12.2. The minimum absolute atomic E-state index is 0.127. The van der Waals surface area contributed by atoms with Gasteiger partial charge in [-0.25, -0.2) is 13.2 Å². The van der Waals surface area contributed by atoms with Crippen LogP contribution >= 0.6 is 0 Å². The molecular weight excluding hydrogens is 241 g/mol. The molecule has 2 aromatic rings. The molecule has 0 saturated carbocycles. The van der Waals surface area contributed by atoms with Crippen molar-refractivity contribution in [1.29, 1.82) is 0 Å². The molecule has 0 aliphatic rings. The number of rotatable bonds is 3. The zero-order chi connectivity index (χ0) is 13.0. The number of halogens is 3. The van der Waals surface area contributed by atoms with Crippen molar-refractivity contribution < 1.29 is 13.2 Å². The number of benzene rings is 2. The number of hydrogen-bond acceptors (Lipinski definition) is 2. The van der Waals surface area contributed by atoms with Crippen LogP contribution in [-0.2, 0) is 0 Å². The van der Waals surface area contributed by atoms with E-state index in [1.54, 1.807) is 24.3 Å². The van der Waals surface area contributed by atoms with Crippen LogP contribution in [-0.4, -0.2) is 6.21 Å². The van der Waals surface area contributed by atoms with E-state index in [9.17, 15) is 13.2 Å². The fourth-order valence-corrected chi connectivity index (χ4v) is 1.33. The summed E-state index contributed by atoms with van der Waals surface area (Å²) in [6, 6.07) is 10.9. The molecule has 0 atom stereocenters. The Labute approximate surface area is 102 Å². The Hall–Kier alpha value is -2.30. The van der Waals surface area contributed by atoms with E-state index in [2.05, 4.69) is 10.5 Å². The lowest BCUT2D eigenvalue weighted by molar-refractivity contribution is 0.446. The van der Waals surface area contributed by atoms with E-state index in [1.165, 1.54) is 0 Å². The molecular formula is C13H9F3N2. The SMILES string of the molecule is Fc1ccc(C=NNc2ccccc2)c(F)c1F. The van der Waals surface area contributed by atoms with Gasteiger partial charge in [0.05, 0.1) is 11.9 Å². The van der Waals surface area contributed by atoms with Crippen molar-refractivity contribution in [2.45, 2.75) is 0 Å². The highest BCUT2D eigenvalue weighted by atomic mass is 19.2. The lowest BCUT2D eigenvalue weighted by Crippen LogP contribution is -1.98. The number of hydrazone groups is 1. The Balaban J connectivity index is 2.13. The summed E-state index contributed by atoms with van der Waals surface area (Å²) in [7, 11) is 0. The van der Waals surface area contributed by atoms with Crippen LogP contribution in [0.4, 0.5) is 18.9 Å². The second-order valence-corrected chi connectivity index (χ2v) is 3.50. The molecule has 0 aliphatic heterocycles. The van der Waals surface area contributed by atoms with Crippen molar-refractivity contribution in [3.8, 4) is 0 Å². The van der Waals surface area contributed by atoms with Crippen LogP contribution < -0.4 is 5.43 Å². The van der Waals surface area contributed by atoms with Crippen LogP contribution in [0.3, 0.4) is 0 Å². The van der Waals surface area contributed by atoms with E-state index in [0.29, 0.717) is 5.69 Å². The highest BCUT2D eigenvalue weighted by Crippen LogP contribution is 2.13. The third-order valence-electron chi connectivity index (χ3n) is 2.24. The van der Waals surface area contributed by atoms with E-state index < -0.39 is 17.5 Å². The van der Waals surface area contributed by atoms with E-state index in [1.807, 2.05) is 6.07 Å². The maximum absolute atomic E-state index is 13.3. The maximum Gasteiger partial charge on any atom is 0.195 e. The number of anilines is 1. The van der Waals surface area contributed by atoms with Gasteiger partial charge in [-0.15, -0.1) is 0 Å². The van der Waals surface area contributed by atoms with Gasteiger partial charge in [0.15, 0.2) is 17.5 Å². The summed E-state index contributed by atoms with van der Waals surface area (Å²) < 4.78 is 38.8. The molecule has 0 aliphatic carbocycles. The zero-order valence-corrected chi connectivity index (χ0v) is 9.20. The molecule has 18 heavy (non-hydrogen) atoms. The van der Waals surface area contributed by atoms with Gasteiger partial charge in [-0.1, -0.05) is 18.2 Å². The number of hydrogen-bond donors (Lipinski definition) is 1. The predicted octanol–water partition coefficient (Wildman–Crippen LogP) is 3.55. The largest absolute Gasteiger partial charge is 0.279 e. The average molecular weight is 250 g/mol. The van der Waals surface area contributed by atoms with Crippen molar-refractivity contribution in [3.63, 3.8) is 0 Å². The number of para-hydroxylation sites is 1. The minimum Gasteiger partial charge on any atom is -0.279 e. The van der Waals surface area contributed by atoms with Gasteiger partial charge >= 0.3 is 0 Å². The van der Waals surface area contributed by atoms with Crippen LogP contribution in [0.5, 0.6) is 0 Å². The number of nitrogens with zero attached hydrogens (tertiary/aromatic N) is 1. The molecule has 0 spiro atoms. The van der Waals surface area contributed by atoms with Gasteiger partial charge in [-0.05, 0) is 24.3 Å². The first-order valence-electron chi connectivity index (χ1n) is 5.16. The Kier molecular flexibility index (Phi) is 3.62. The van der Waals surface area contributed by atoms with Crippen LogP contribution in [0, 0.1) is 17.5 Å². The topological polar surface area (TPSA) is 24.4 Å². The van der Waals surface area contributed by atoms with Crippen molar-refractivity contribution in [2.24, 2.45) is 5.10 Å². The monoisotopic (exact) mass is 250 g/mol. The van der Waals surface area contributed by atoms with E-state index >= 15 is 0 Å². The van der Waals surface area contributed by atoms with E-state index in [0.717, 1.165) is 18.3 Å². The Bertz CT molecular complexity index is 568. The molecule has 0 aromatic heterocycles. The van der Waals surface area contributed by atoms with Crippen molar-refractivity contribution in [2.75, 3.05) is 5.43 Å². The van der Waals surface area contributed by atoms with Crippen molar-refractivity contribution in [3.05, 3.63) is 65.5 Å². The minimum atomic E-state index is -1.50. The highest BCUT2D eigenvalue weighted by molar-refractivity contribution is 5.80. The molecule has 5 heteroatoms. The summed E-state index contributed by atoms with van der Waals surface area (Å²) in [5, 5.41) is 3.74. The maximum atomic E-state index is 13.3. The van der Waals surface area contributed by atoms with Crippen molar-refractivity contribution in [1.82, 2.24) is 0 Å². The summed E-state index contributed by atoms with van der Waals surface area (Å²) in [6.07, 6.45) is 1.09. The Morgan fingerprint density at radius 3 is 2.33 bits per heavy atom. The Morgan fingerprint density at radius 1 is 0.889 bits per heavy atom. The van der Waals surface area contributed by atoms with Gasteiger partial charge in [-0.2, -0.15) is 5.10 Å². The summed E-state index contributed by atoms with van der Waals surface area (Å²) in [4.78, 5) is 0. The van der Waals surface area contributed by atoms with Gasteiger partial charge in [0.25, 0.3) is 0 Å². The second kappa shape index (κ2) is 5.35. The van der Waals surface area contributed by atoms with E-state index in [4.69, 9.17) is 0 Å². The molecule has 0 bridgehead atoms. The molecule has 1 N–H and O–H groups in total. The lowest BCUT2D eigenvalue weighted by atomic mass is 10.2. The first-order chi connectivity index (χ1) is 8.68. The Morgan fingerprint density at radius 2 is 1.61 bits per heavy atom. The van der Waals surface area contributed by atoms with Gasteiger partial charge in [0.2, 0.25) is 0 Å². The molecule has 0 heterocycles. The normalized spacial score (nSPS) is 10.8. The highest BCUT2D eigenvalue weighted by Gasteiger charge is 2.11. The molecule has 2 aromatic carbocycles. The molecule has 0 saturated heterocycles. The predicted molar refractivity (Wildman–Crippen MR) is 64.0 cm³/mol. The average Bonchev–Trinajstić information content (AvgIpc) is 2.40. The summed E-state index contributed by atoms with van der Waals surface area (Å²) in [5.74, 6) is -3.98. The zero-order valence-electron chi connectivity index (χ0n) is 9.20. The summed E-state index contributed by atoms with van der Waals surface area (Å²) in [6.45, 7) is 0. The molecule has 0 radical (unpaired) electrons. The fraction of sp³-hybridized carbons (Fsp3) is 0. The third kappa shape index (κ3) is 2.68. The summed E-state index contributed by atoms with van der Waals surface area (Å²) >= 11 is 0. The first-order valence-corrected chi connectivity index (χ1v) is 5.16. The summed E-state index contributed by atoms with van der Waals surface area (Å²) in [5.41, 5.74) is 3.22. The molecule has 0 fully saturated rings. The standard InChI is InChI=1S/C13H9F3N2/c14-11-7-6-9(12(15)13(11)16)8-17-18-10-4-2-1-3-5-10/h1-8,18H. The van der Waals surface area contributed by atoms with Crippen LogP contribution in [0.2, 0.25) is 0 Å². The van der Waals surface area contributed by atoms with Crippen LogP contribution in [0.25, 0.3) is 0 Å². The molecule has 2 nitrogen and oxygen atoms in total. The van der Waals surface area contributed by atoms with Crippen LogP contribution in [0.15, 0.2) is 47.6 Å². The van der Waals surface area contributed by atoms with E-state index in [-0.39, 0.29) is 5.56 Å². The quantitative estimate of drug-likeness (QED) is 0.503. The van der Waals surface area contributed by atoms with Gasteiger partial charge in [0, 0.05) is 5.56 Å². The smallest absolute Gasteiger partial charge is 0.195 e. The van der Waals surface area contributed by atoms with Crippen molar-refractivity contribution >= 4 is 11.9 Å². The van der Waals surface area contributed by atoms with Gasteiger partial charge in [-0.3, -0.25) is 5.43 Å². The van der Waals surface area contributed by atoms with Gasteiger partial charge in [0.1, 0.15) is 0 Å². The molecule has 2 rings (SSSR count). The second-order valence-electron chi connectivity index (χ2n) is 3.50. The third-order valence-corrected chi connectivity index (χ3v) is 2.24. The van der Waals surface area contributed by atoms with Gasteiger partial charge < -0.3 is 0 Å². The molecule has 0 unspecified atom stereocenters. The lowest BCUT2D eigenvalue weighted by Gasteiger charge is -2.00. The van der Waals surface area contributed by atoms with Crippen LogP contribution in [0.1, 0.15) is 5.56 Å². The molecule has 0 amide bonds. The fourth-order valence-electron chi connectivity index (χ4n) is 1.33.